The molecule has 0 radical (unpaired) electrons. The monoisotopic (exact) mass is 377 g/mol. The standard InChI is InChI=1S/C17H16ClN3O3S/c1-10-14(3-4-23-10)16-19-20-17(21(16)2)25-8-12-6-13(18)5-11-7-22-9-24-15(11)12/h3-6H,7-9H2,1-2H3. The minimum absolute atomic E-state index is 0.264. The first-order valence-corrected chi connectivity index (χ1v) is 9.08. The van der Waals surface area contributed by atoms with E-state index in [1.54, 1.807) is 18.0 Å². The SMILES string of the molecule is Cc1occc1-c1nnc(SCc2cc(Cl)cc3c2OCOC3)n1C. The van der Waals surface area contributed by atoms with Gasteiger partial charge in [0.1, 0.15) is 11.5 Å². The number of thioether (sulfide) groups is 1. The summed E-state index contributed by atoms with van der Waals surface area (Å²) in [5.74, 6) is 3.14. The number of hydrogen-bond donors (Lipinski definition) is 0. The van der Waals surface area contributed by atoms with Gasteiger partial charge in [-0.2, -0.15) is 0 Å². The molecule has 3 heterocycles. The van der Waals surface area contributed by atoms with Gasteiger partial charge in [-0.1, -0.05) is 23.4 Å². The van der Waals surface area contributed by atoms with Gasteiger partial charge in [-0.15, -0.1) is 10.2 Å². The van der Waals surface area contributed by atoms with Crippen LogP contribution >= 0.6 is 23.4 Å². The molecule has 2 aromatic heterocycles. The van der Waals surface area contributed by atoms with Gasteiger partial charge in [0.15, 0.2) is 17.8 Å². The Labute approximate surface area is 154 Å². The fourth-order valence-corrected chi connectivity index (χ4v) is 3.94. The average Bonchev–Trinajstić information content (AvgIpc) is 3.18. The van der Waals surface area contributed by atoms with E-state index < -0.39 is 0 Å². The molecule has 0 N–H and O–H groups in total. The fourth-order valence-electron chi connectivity index (χ4n) is 2.80. The fraction of sp³-hybridized carbons (Fsp3) is 0.294. The first-order valence-electron chi connectivity index (χ1n) is 7.72. The summed E-state index contributed by atoms with van der Waals surface area (Å²) in [5.41, 5.74) is 2.95. The molecule has 0 spiro atoms. The molecule has 0 saturated heterocycles. The highest BCUT2D eigenvalue weighted by molar-refractivity contribution is 7.98. The molecule has 0 bridgehead atoms. The molecule has 25 heavy (non-hydrogen) atoms. The lowest BCUT2D eigenvalue weighted by atomic mass is 10.1. The molecule has 4 rings (SSSR count). The Morgan fingerprint density at radius 2 is 2.20 bits per heavy atom. The average molecular weight is 378 g/mol. The lowest BCUT2D eigenvalue weighted by Crippen LogP contribution is -2.13. The molecule has 6 nitrogen and oxygen atoms in total. The summed E-state index contributed by atoms with van der Waals surface area (Å²) in [6.07, 6.45) is 1.66. The molecule has 0 unspecified atom stereocenters. The highest BCUT2D eigenvalue weighted by atomic mass is 35.5. The Balaban J connectivity index is 1.58. The Hall–Kier alpha value is -1.96. The van der Waals surface area contributed by atoms with Crippen LogP contribution in [0.3, 0.4) is 0 Å². The molecule has 0 amide bonds. The maximum atomic E-state index is 6.22. The van der Waals surface area contributed by atoms with Crippen LogP contribution in [-0.2, 0) is 24.1 Å². The topological polar surface area (TPSA) is 62.3 Å². The number of ether oxygens (including phenoxy) is 2. The third-order valence-electron chi connectivity index (χ3n) is 4.04. The van der Waals surface area contributed by atoms with Crippen molar-refractivity contribution in [2.75, 3.05) is 6.79 Å². The summed E-state index contributed by atoms with van der Waals surface area (Å²) >= 11 is 7.80. The van der Waals surface area contributed by atoms with Crippen molar-refractivity contribution >= 4 is 23.4 Å². The second-order valence-electron chi connectivity index (χ2n) is 5.71. The van der Waals surface area contributed by atoms with Crippen LogP contribution in [0.5, 0.6) is 5.75 Å². The number of fused-ring (bicyclic) bond motifs is 1. The van der Waals surface area contributed by atoms with Crippen LogP contribution in [0.1, 0.15) is 16.9 Å². The molecule has 8 heteroatoms. The van der Waals surface area contributed by atoms with Crippen molar-refractivity contribution in [2.45, 2.75) is 24.4 Å². The van der Waals surface area contributed by atoms with E-state index in [0.717, 1.165) is 39.2 Å². The normalized spacial score (nSPS) is 13.6. The van der Waals surface area contributed by atoms with Crippen molar-refractivity contribution in [1.82, 2.24) is 14.8 Å². The number of aromatic nitrogens is 3. The van der Waals surface area contributed by atoms with Crippen LogP contribution in [0.4, 0.5) is 0 Å². The molecule has 130 valence electrons. The zero-order valence-electron chi connectivity index (χ0n) is 13.8. The van der Waals surface area contributed by atoms with Crippen LogP contribution in [0.25, 0.3) is 11.4 Å². The zero-order valence-corrected chi connectivity index (χ0v) is 15.4. The first kappa shape index (κ1) is 16.5. The van der Waals surface area contributed by atoms with Crippen molar-refractivity contribution in [2.24, 2.45) is 7.05 Å². The number of furan rings is 1. The highest BCUT2D eigenvalue weighted by Crippen LogP contribution is 2.35. The summed E-state index contributed by atoms with van der Waals surface area (Å²) < 4.78 is 18.3. The number of halogens is 1. The Morgan fingerprint density at radius 3 is 3.00 bits per heavy atom. The Bertz CT molecular complexity index is 922. The molecular formula is C17H16ClN3O3S. The van der Waals surface area contributed by atoms with Gasteiger partial charge in [-0.25, -0.2) is 0 Å². The zero-order chi connectivity index (χ0) is 17.4. The van der Waals surface area contributed by atoms with E-state index in [-0.39, 0.29) is 6.79 Å². The third-order valence-corrected chi connectivity index (χ3v) is 5.33. The molecule has 0 saturated carbocycles. The smallest absolute Gasteiger partial charge is 0.191 e. The van der Waals surface area contributed by atoms with Gasteiger partial charge in [0, 0.05) is 29.0 Å². The van der Waals surface area contributed by atoms with Crippen LogP contribution in [-0.4, -0.2) is 21.6 Å². The molecule has 1 aliphatic heterocycles. The van der Waals surface area contributed by atoms with Gasteiger partial charge in [0.25, 0.3) is 0 Å². The number of hydrogen-bond acceptors (Lipinski definition) is 6. The third kappa shape index (κ3) is 3.15. The molecule has 0 fully saturated rings. The summed E-state index contributed by atoms with van der Waals surface area (Å²) in [6.45, 7) is 2.69. The van der Waals surface area contributed by atoms with E-state index in [2.05, 4.69) is 10.2 Å². The molecule has 0 atom stereocenters. The van der Waals surface area contributed by atoms with Crippen molar-refractivity contribution in [3.05, 3.63) is 46.4 Å². The van der Waals surface area contributed by atoms with Gasteiger partial charge in [-0.3, -0.25) is 0 Å². The second kappa shape index (κ2) is 6.74. The summed E-state index contributed by atoms with van der Waals surface area (Å²) in [6, 6.07) is 5.71. The maximum Gasteiger partial charge on any atom is 0.191 e. The van der Waals surface area contributed by atoms with Gasteiger partial charge in [-0.05, 0) is 25.1 Å². The molecule has 0 aliphatic carbocycles. The minimum atomic E-state index is 0.264. The lowest BCUT2D eigenvalue weighted by Gasteiger charge is -2.20. The van der Waals surface area contributed by atoms with E-state index in [9.17, 15) is 0 Å². The van der Waals surface area contributed by atoms with Crippen molar-refractivity contribution in [3.8, 4) is 17.1 Å². The molecular weight excluding hydrogens is 362 g/mol. The van der Waals surface area contributed by atoms with Crippen molar-refractivity contribution in [3.63, 3.8) is 0 Å². The largest absolute Gasteiger partial charge is 0.469 e. The Morgan fingerprint density at radius 1 is 1.32 bits per heavy atom. The van der Waals surface area contributed by atoms with E-state index in [0.29, 0.717) is 17.4 Å². The number of nitrogens with zero attached hydrogens (tertiary/aromatic N) is 3. The molecule has 3 aromatic rings. The van der Waals surface area contributed by atoms with Crippen molar-refractivity contribution in [1.29, 1.82) is 0 Å². The summed E-state index contributed by atoms with van der Waals surface area (Å²) in [5, 5.41) is 10.1. The number of benzene rings is 1. The second-order valence-corrected chi connectivity index (χ2v) is 7.09. The minimum Gasteiger partial charge on any atom is -0.469 e. The van der Waals surface area contributed by atoms with Crippen molar-refractivity contribution < 1.29 is 13.9 Å². The molecule has 1 aromatic carbocycles. The predicted octanol–water partition coefficient (Wildman–Crippen LogP) is 4.20. The van der Waals surface area contributed by atoms with E-state index >= 15 is 0 Å². The predicted molar refractivity (Wildman–Crippen MR) is 94.7 cm³/mol. The quantitative estimate of drug-likeness (QED) is 0.635. The van der Waals surface area contributed by atoms with Gasteiger partial charge < -0.3 is 18.5 Å². The summed E-state index contributed by atoms with van der Waals surface area (Å²) in [4.78, 5) is 0. The van der Waals surface area contributed by atoms with Gasteiger partial charge >= 0.3 is 0 Å². The highest BCUT2D eigenvalue weighted by Gasteiger charge is 2.19. The van der Waals surface area contributed by atoms with Crippen LogP contribution in [0.15, 0.2) is 34.0 Å². The van der Waals surface area contributed by atoms with Crippen LogP contribution in [0.2, 0.25) is 5.02 Å². The Kier molecular flexibility index (Phi) is 4.45. The number of aryl methyl sites for hydroxylation is 1. The van der Waals surface area contributed by atoms with E-state index in [1.165, 1.54) is 0 Å². The summed E-state index contributed by atoms with van der Waals surface area (Å²) in [7, 11) is 1.95. The van der Waals surface area contributed by atoms with Gasteiger partial charge in [0.2, 0.25) is 0 Å². The lowest BCUT2D eigenvalue weighted by molar-refractivity contribution is -0.0168. The van der Waals surface area contributed by atoms with E-state index in [4.69, 9.17) is 25.5 Å². The van der Waals surface area contributed by atoms with Gasteiger partial charge in [0.05, 0.1) is 18.4 Å². The van der Waals surface area contributed by atoms with E-state index in [1.807, 2.05) is 36.7 Å². The maximum absolute atomic E-state index is 6.22. The van der Waals surface area contributed by atoms with Crippen LogP contribution in [0, 0.1) is 6.92 Å². The first-order chi connectivity index (χ1) is 12.1. The van der Waals surface area contributed by atoms with Crippen LogP contribution < -0.4 is 4.74 Å². The number of rotatable bonds is 4. The molecule has 1 aliphatic rings.